The van der Waals surface area contributed by atoms with Crippen LogP contribution in [0.15, 0.2) is 29.2 Å². The van der Waals surface area contributed by atoms with E-state index in [9.17, 15) is 18.0 Å². The van der Waals surface area contributed by atoms with Gasteiger partial charge in [0, 0.05) is 26.2 Å². The van der Waals surface area contributed by atoms with E-state index in [2.05, 4.69) is 4.72 Å². The number of carbonyl (C=O) groups excluding carboxylic acids is 2. The molecule has 1 fully saturated rings. The van der Waals surface area contributed by atoms with Gasteiger partial charge in [0.1, 0.15) is 0 Å². The van der Waals surface area contributed by atoms with Crippen LogP contribution in [-0.2, 0) is 24.3 Å². The fourth-order valence-electron chi connectivity index (χ4n) is 3.19. The van der Waals surface area contributed by atoms with E-state index in [0.29, 0.717) is 13.1 Å². The Bertz CT molecular complexity index is 771. The predicted molar refractivity (Wildman–Crippen MR) is 108 cm³/mol. The van der Waals surface area contributed by atoms with E-state index in [1.807, 2.05) is 0 Å². The van der Waals surface area contributed by atoms with Gasteiger partial charge >= 0.3 is 5.97 Å². The van der Waals surface area contributed by atoms with Gasteiger partial charge < -0.3 is 14.4 Å². The van der Waals surface area contributed by atoms with Crippen LogP contribution in [-0.4, -0.2) is 64.6 Å². The smallest absolute Gasteiger partial charge is 0.338 e. The van der Waals surface area contributed by atoms with Gasteiger partial charge in [-0.3, -0.25) is 4.79 Å². The highest BCUT2D eigenvalue weighted by molar-refractivity contribution is 7.89. The maximum atomic E-state index is 12.3. The van der Waals surface area contributed by atoms with Gasteiger partial charge in [-0.1, -0.05) is 19.3 Å². The molecule has 1 aliphatic heterocycles. The van der Waals surface area contributed by atoms with Gasteiger partial charge in [-0.05, 0) is 44.0 Å². The maximum absolute atomic E-state index is 12.3. The normalized spacial score (nSPS) is 16.6. The number of ether oxygens (including phenoxy) is 2. The number of hydrogen-bond acceptors (Lipinski definition) is 6. The van der Waals surface area contributed by atoms with E-state index in [1.165, 1.54) is 37.8 Å². The van der Waals surface area contributed by atoms with Gasteiger partial charge in [-0.2, -0.15) is 0 Å². The molecule has 9 heteroatoms. The average molecular weight is 427 g/mol. The molecule has 1 saturated heterocycles. The number of hydrogen-bond donors (Lipinski definition) is 1. The number of methoxy groups -OCH3 is 1. The average Bonchev–Trinajstić information content (AvgIpc) is 2.65. The summed E-state index contributed by atoms with van der Waals surface area (Å²) in [5.41, 5.74) is 0.189. The molecule has 0 spiro atoms. The number of carbonyl (C=O) groups is 2. The Hall–Kier alpha value is -1.97. The number of rotatable bonds is 8. The van der Waals surface area contributed by atoms with Crippen molar-refractivity contribution < 1.29 is 27.5 Å². The number of likely N-dealkylation sites (tertiary alicyclic amines) is 1. The molecule has 0 unspecified atom stereocenters. The second-order valence-corrected chi connectivity index (χ2v) is 8.94. The molecule has 29 heavy (non-hydrogen) atoms. The van der Waals surface area contributed by atoms with E-state index in [0.717, 1.165) is 25.7 Å². The molecule has 2 rings (SSSR count). The lowest BCUT2D eigenvalue weighted by Gasteiger charge is -2.24. The van der Waals surface area contributed by atoms with Crippen LogP contribution in [0, 0.1) is 0 Å². The lowest BCUT2D eigenvalue weighted by molar-refractivity contribution is -0.134. The van der Waals surface area contributed by atoms with Crippen molar-refractivity contribution in [2.45, 2.75) is 50.0 Å². The van der Waals surface area contributed by atoms with Crippen LogP contribution in [0.4, 0.5) is 0 Å². The number of nitrogens with zero attached hydrogens (tertiary/aromatic N) is 1. The molecule has 0 radical (unpaired) electrons. The molecule has 162 valence electrons. The third-order valence-corrected chi connectivity index (χ3v) is 6.31. The summed E-state index contributed by atoms with van der Waals surface area (Å²) in [4.78, 5) is 26.3. The lowest BCUT2D eigenvalue weighted by Crippen LogP contribution is -2.37. The monoisotopic (exact) mass is 426 g/mol. The third-order valence-electron chi connectivity index (χ3n) is 4.71. The number of esters is 1. The molecule has 1 amide bonds. The Morgan fingerprint density at radius 1 is 1.07 bits per heavy atom. The Kier molecular flexibility index (Phi) is 9.06. The molecule has 1 aliphatic rings. The molecule has 1 aromatic rings. The van der Waals surface area contributed by atoms with E-state index >= 15 is 0 Å². The highest BCUT2D eigenvalue weighted by Crippen LogP contribution is 2.13. The summed E-state index contributed by atoms with van der Waals surface area (Å²) >= 11 is 0. The first-order valence-electron chi connectivity index (χ1n) is 9.89. The van der Waals surface area contributed by atoms with Crippen molar-refractivity contribution in [1.82, 2.24) is 9.62 Å². The zero-order chi connectivity index (χ0) is 21.3. The molecule has 1 heterocycles. The first-order chi connectivity index (χ1) is 13.8. The van der Waals surface area contributed by atoms with Crippen molar-refractivity contribution in [3.05, 3.63) is 29.8 Å². The highest BCUT2D eigenvalue weighted by atomic mass is 32.2. The molecular weight excluding hydrogens is 396 g/mol. The van der Waals surface area contributed by atoms with Gasteiger partial charge in [0.05, 0.1) is 17.1 Å². The summed E-state index contributed by atoms with van der Waals surface area (Å²) in [5.74, 6) is -0.856. The molecule has 0 saturated carbocycles. The Morgan fingerprint density at radius 3 is 2.24 bits per heavy atom. The molecule has 1 aromatic carbocycles. The van der Waals surface area contributed by atoms with Crippen LogP contribution in [0.25, 0.3) is 0 Å². The quantitative estimate of drug-likeness (QED) is 0.638. The molecule has 0 aliphatic carbocycles. The Labute approximate surface area is 172 Å². The fourth-order valence-corrected chi connectivity index (χ4v) is 4.41. The minimum atomic E-state index is -3.71. The van der Waals surface area contributed by atoms with E-state index < -0.39 is 16.0 Å². The SMILES string of the molecule is COC[C@H](C)NS(=O)(=O)c1ccc(C(=O)OCC(=O)N2CCCCCCC2)cc1. The van der Waals surface area contributed by atoms with Crippen LogP contribution in [0.5, 0.6) is 0 Å². The van der Waals surface area contributed by atoms with Crippen molar-refractivity contribution in [1.29, 1.82) is 0 Å². The summed E-state index contributed by atoms with van der Waals surface area (Å²) in [7, 11) is -2.22. The van der Waals surface area contributed by atoms with Gasteiger partial charge in [-0.25, -0.2) is 17.9 Å². The zero-order valence-electron chi connectivity index (χ0n) is 17.1. The van der Waals surface area contributed by atoms with Gasteiger partial charge in [0.25, 0.3) is 5.91 Å². The van der Waals surface area contributed by atoms with Crippen molar-refractivity contribution in [2.75, 3.05) is 33.4 Å². The van der Waals surface area contributed by atoms with Gasteiger partial charge in [-0.15, -0.1) is 0 Å². The first kappa shape index (κ1) is 23.3. The summed E-state index contributed by atoms with van der Waals surface area (Å²) in [6.45, 7) is 3.01. The molecule has 0 bridgehead atoms. The topological polar surface area (TPSA) is 102 Å². The molecule has 0 aromatic heterocycles. The largest absolute Gasteiger partial charge is 0.452 e. The van der Waals surface area contributed by atoms with E-state index in [4.69, 9.17) is 9.47 Å². The van der Waals surface area contributed by atoms with Crippen molar-refractivity contribution in [3.8, 4) is 0 Å². The Balaban J connectivity index is 1.90. The van der Waals surface area contributed by atoms with Gasteiger partial charge in [0.15, 0.2) is 6.61 Å². The van der Waals surface area contributed by atoms with Crippen molar-refractivity contribution in [3.63, 3.8) is 0 Å². The summed E-state index contributed by atoms with van der Waals surface area (Å²) in [5, 5.41) is 0. The molecule has 1 N–H and O–H groups in total. The van der Waals surface area contributed by atoms with Crippen molar-refractivity contribution >= 4 is 21.9 Å². The zero-order valence-corrected chi connectivity index (χ0v) is 17.9. The minimum Gasteiger partial charge on any atom is -0.452 e. The van der Waals surface area contributed by atoms with E-state index in [1.54, 1.807) is 11.8 Å². The number of benzene rings is 1. The predicted octanol–water partition coefficient (Wildman–Crippen LogP) is 1.95. The van der Waals surface area contributed by atoms with Crippen LogP contribution in [0.3, 0.4) is 0 Å². The molecule has 1 atom stereocenters. The lowest BCUT2D eigenvalue weighted by atomic mass is 10.1. The van der Waals surface area contributed by atoms with Crippen LogP contribution >= 0.6 is 0 Å². The van der Waals surface area contributed by atoms with E-state index in [-0.39, 0.29) is 35.6 Å². The second kappa shape index (κ2) is 11.3. The standard InChI is InChI=1S/C20H30N2O6S/c1-16(14-27-2)21-29(25,26)18-10-8-17(9-11-18)20(24)28-15-19(23)22-12-6-4-3-5-7-13-22/h8-11,16,21H,3-7,12-15H2,1-2H3/t16-/m0/s1. The Morgan fingerprint density at radius 2 is 1.66 bits per heavy atom. The number of sulfonamides is 1. The fraction of sp³-hybridized carbons (Fsp3) is 0.600. The summed E-state index contributed by atoms with van der Waals surface area (Å²) < 4.78 is 37.2. The molecular formula is C20H30N2O6S. The van der Waals surface area contributed by atoms with Crippen LogP contribution in [0.1, 0.15) is 49.4 Å². The number of nitrogens with one attached hydrogen (secondary N) is 1. The molecule has 8 nitrogen and oxygen atoms in total. The minimum absolute atomic E-state index is 0.0358. The summed E-state index contributed by atoms with van der Waals surface area (Å²) in [6, 6.07) is 5.03. The van der Waals surface area contributed by atoms with Crippen LogP contribution in [0.2, 0.25) is 0 Å². The summed E-state index contributed by atoms with van der Waals surface area (Å²) in [6.07, 6.45) is 5.35. The third kappa shape index (κ3) is 7.41. The van der Waals surface area contributed by atoms with Crippen molar-refractivity contribution in [2.24, 2.45) is 0 Å². The second-order valence-electron chi connectivity index (χ2n) is 7.23. The maximum Gasteiger partial charge on any atom is 0.338 e. The van der Waals surface area contributed by atoms with Crippen LogP contribution < -0.4 is 4.72 Å². The first-order valence-corrected chi connectivity index (χ1v) is 11.4. The van der Waals surface area contributed by atoms with Gasteiger partial charge in [0.2, 0.25) is 10.0 Å². The highest BCUT2D eigenvalue weighted by Gasteiger charge is 2.20. The number of amides is 1.